The fraction of sp³-hybridized carbons (Fsp3) is 0.250. The largest absolute Gasteiger partial charge is 0.354 e. The van der Waals surface area contributed by atoms with Gasteiger partial charge in [0, 0.05) is 31.0 Å². The normalized spacial score (nSPS) is 10.6. The van der Waals surface area contributed by atoms with Gasteiger partial charge in [0.05, 0.1) is 17.1 Å². The second kappa shape index (κ2) is 8.92. The van der Waals surface area contributed by atoms with Gasteiger partial charge in [0.25, 0.3) is 5.91 Å². The summed E-state index contributed by atoms with van der Waals surface area (Å²) in [5, 5.41) is 7.71. The van der Waals surface area contributed by atoms with Crippen LogP contribution in [0, 0.1) is 6.92 Å². The van der Waals surface area contributed by atoms with Crippen LogP contribution in [0.25, 0.3) is 10.6 Å². The number of nitrogens with one attached hydrogen (secondary N) is 1. The molecule has 0 radical (unpaired) electrons. The molecular weight excluding hydrogens is 378 g/mol. The molecule has 2 amide bonds. The highest BCUT2D eigenvalue weighted by Gasteiger charge is 2.15. The summed E-state index contributed by atoms with van der Waals surface area (Å²) in [5.41, 5.74) is 3.29. The van der Waals surface area contributed by atoms with Crippen LogP contribution < -0.4 is 5.32 Å². The number of carbonyl (C=O) groups excluding carboxylic acids is 2. The van der Waals surface area contributed by atoms with Crippen LogP contribution in [-0.2, 0) is 11.2 Å². The summed E-state index contributed by atoms with van der Waals surface area (Å²) in [7, 11) is 1.63. The number of thiazole rings is 1. The quantitative estimate of drug-likeness (QED) is 0.660. The molecule has 0 unspecified atom stereocenters. The molecule has 3 aromatic rings. The molecule has 5 nitrogen and oxygen atoms in total. The Morgan fingerprint density at radius 1 is 1.15 bits per heavy atom. The summed E-state index contributed by atoms with van der Waals surface area (Å²) >= 11 is 2.98. The monoisotopic (exact) mass is 399 g/mol. The lowest BCUT2D eigenvalue weighted by Gasteiger charge is -2.15. The number of likely N-dealkylation sites (N-methyl/N-ethyl adjacent to an activating group) is 1. The average molecular weight is 400 g/mol. The Bertz CT molecular complexity index is 902. The first-order valence-corrected chi connectivity index (χ1v) is 10.4. The summed E-state index contributed by atoms with van der Waals surface area (Å²) in [6.07, 6.45) is 0.663. The standard InChI is InChI=1S/C20H21N3O2S2/c1-14-5-7-15(8-6-14)19-22-16(13-27-19)9-10-21-18(24)12-23(2)20(25)17-4-3-11-26-17/h3-8,11,13H,9-10,12H2,1-2H3,(H,21,24). The number of hydrogen-bond acceptors (Lipinski definition) is 5. The number of aromatic nitrogens is 1. The van der Waals surface area contributed by atoms with Crippen molar-refractivity contribution in [1.82, 2.24) is 15.2 Å². The zero-order valence-corrected chi connectivity index (χ0v) is 16.9. The lowest BCUT2D eigenvalue weighted by atomic mass is 10.2. The highest BCUT2D eigenvalue weighted by Crippen LogP contribution is 2.24. The summed E-state index contributed by atoms with van der Waals surface area (Å²) < 4.78 is 0. The maximum atomic E-state index is 12.1. The van der Waals surface area contributed by atoms with Crippen LogP contribution in [0.1, 0.15) is 20.9 Å². The third-order valence-corrected chi connectivity index (χ3v) is 5.81. The minimum absolute atomic E-state index is 0.0441. The van der Waals surface area contributed by atoms with Crippen molar-refractivity contribution in [1.29, 1.82) is 0 Å². The first-order valence-electron chi connectivity index (χ1n) is 8.60. The molecule has 0 atom stereocenters. The van der Waals surface area contributed by atoms with Crippen LogP contribution in [0.4, 0.5) is 0 Å². The van der Waals surface area contributed by atoms with Crippen LogP contribution in [0.2, 0.25) is 0 Å². The molecule has 0 saturated heterocycles. The zero-order valence-electron chi connectivity index (χ0n) is 15.3. The van der Waals surface area contributed by atoms with Crippen LogP contribution in [0.5, 0.6) is 0 Å². The van der Waals surface area contributed by atoms with E-state index in [0.717, 1.165) is 16.3 Å². The van der Waals surface area contributed by atoms with Crippen molar-refractivity contribution in [2.75, 3.05) is 20.1 Å². The lowest BCUT2D eigenvalue weighted by molar-refractivity contribution is -0.121. The van der Waals surface area contributed by atoms with Crippen molar-refractivity contribution in [3.63, 3.8) is 0 Å². The highest BCUT2D eigenvalue weighted by atomic mass is 32.1. The van der Waals surface area contributed by atoms with E-state index in [9.17, 15) is 9.59 Å². The van der Waals surface area contributed by atoms with Crippen LogP contribution in [-0.4, -0.2) is 41.8 Å². The van der Waals surface area contributed by atoms with Gasteiger partial charge in [0.2, 0.25) is 5.91 Å². The van der Waals surface area contributed by atoms with Crippen molar-refractivity contribution >= 4 is 34.5 Å². The Labute approximate surface area is 166 Å². The topological polar surface area (TPSA) is 62.3 Å². The van der Waals surface area contributed by atoms with Gasteiger partial charge in [-0.05, 0) is 18.4 Å². The summed E-state index contributed by atoms with van der Waals surface area (Å²) in [5.74, 6) is -0.307. The van der Waals surface area contributed by atoms with Gasteiger partial charge >= 0.3 is 0 Å². The molecule has 0 aliphatic carbocycles. The molecule has 1 N–H and O–H groups in total. The third-order valence-electron chi connectivity index (χ3n) is 4.01. The minimum atomic E-state index is -0.170. The summed E-state index contributed by atoms with van der Waals surface area (Å²) in [4.78, 5) is 30.9. The van der Waals surface area contributed by atoms with Gasteiger partial charge in [-0.2, -0.15) is 0 Å². The Hall–Kier alpha value is -2.51. The minimum Gasteiger partial charge on any atom is -0.354 e. The molecule has 0 spiro atoms. The van der Waals surface area contributed by atoms with Gasteiger partial charge < -0.3 is 10.2 Å². The van der Waals surface area contributed by atoms with E-state index in [1.54, 1.807) is 24.5 Å². The van der Waals surface area contributed by atoms with Crippen molar-refractivity contribution in [3.8, 4) is 10.6 Å². The SMILES string of the molecule is Cc1ccc(-c2nc(CCNC(=O)CN(C)C(=O)c3cccs3)cs2)cc1. The summed E-state index contributed by atoms with van der Waals surface area (Å²) in [6, 6.07) is 11.9. The van der Waals surface area contributed by atoms with Gasteiger partial charge in [-0.25, -0.2) is 4.98 Å². The number of carbonyl (C=O) groups is 2. The van der Waals surface area contributed by atoms with E-state index < -0.39 is 0 Å². The Balaban J connectivity index is 1.45. The Morgan fingerprint density at radius 3 is 2.63 bits per heavy atom. The lowest BCUT2D eigenvalue weighted by Crippen LogP contribution is -2.38. The Kier molecular flexibility index (Phi) is 6.36. The zero-order chi connectivity index (χ0) is 19.2. The van der Waals surface area contributed by atoms with Gasteiger partial charge in [0.1, 0.15) is 5.01 Å². The maximum absolute atomic E-state index is 12.1. The first-order chi connectivity index (χ1) is 13.0. The van der Waals surface area contributed by atoms with Gasteiger partial charge in [-0.1, -0.05) is 35.9 Å². The average Bonchev–Trinajstić information content (AvgIpc) is 3.34. The number of hydrogen-bond donors (Lipinski definition) is 1. The van der Waals surface area contributed by atoms with E-state index in [1.165, 1.54) is 21.8 Å². The first kappa shape index (κ1) is 19.3. The molecule has 2 aromatic heterocycles. The van der Waals surface area contributed by atoms with Crippen molar-refractivity contribution in [2.45, 2.75) is 13.3 Å². The van der Waals surface area contributed by atoms with E-state index >= 15 is 0 Å². The molecule has 0 bridgehead atoms. The van der Waals surface area contributed by atoms with Gasteiger partial charge in [-0.15, -0.1) is 22.7 Å². The molecule has 27 heavy (non-hydrogen) atoms. The molecule has 7 heteroatoms. The number of nitrogens with zero attached hydrogens (tertiary/aromatic N) is 2. The molecule has 1 aromatic carbocycles. The maximum Gasteiger partial charge on any atom is 0.264 e. The number of amides is 2. The van der Waals surface area contributed by atoms with Crippen LogP contribution in [0.15, 0.2) is 47.2 Å². The van der Waals surface area contributed by atoms with E-state index in [4.69, 9.17) is 0 Å². The van der Waals surface area contributed by atoms with Gasteiger partial charge in [0.15, 0.2) is 0 Å². The van der Waals surface area contributed by atoms with Crippen LogP contribution >= 0.6 is 22.7 Å². The van der Waals surface area contributed by atoms with Gasteiger partial charge in [-0.3, -0.25) is 9.59 Å². The molecule has 140 valence electrons. The summed E-state index contributed by atoms with van der Waals surface area (Å²) in [6.45, 7) is 2.60. The number of rotatable bonds is 7. The smallest absolute Gasteiger partial charge is 0.264 e. The van der Waals surface area contributed by atoms with E-state index in [2.05, 4.69) is 41.5 Å². The van der Waals surface area contributed by atoms with E-state index in [1.807, 2.05) is 16.8 Å². The molecule has 0 aliphatic rings. The van der Waals surface area contributed by atoms with E-state index in [-0.39, 0.29) is 18.4 Å². The van der Waals surface area contributed by atoms with Crippen molar-refractivity contribution in [2.24, 2.45) is 0 Å². The molecule has 2 heterocycles. The van der Waals surface area contributed by atoms with E-state index in [0.29, 0.717) is 17.8 Å². The molecule has 0 fully saturated rings. The molecule has 3 rings (SSSR count). The fourth-order valence-electron chi connectivity index (χ4n) is 2.51. The molecule has 0 saturated carbocycles. The second-order valence-electron chi connectivity index (χ2n) is 6.25. The fourth-order valence-corrected chi connectivity index (χ4v) is 4.09. The third kappa shape index (κ3) is 5.24. The number of benzene rings is 1. The molecule has 0 aliphatic heterocycles. The molecular formula is C20H21N3O2S2. The number of thiophene rings is 1. The second-order valence-corrected chi connectivity index (χ2v) is 8.05. The number of aryl methyl sites for hydroxylation is 1. The highest BCUT2D eigenvalue weighted by molar-refractivity contribution is 7.13. The Morgan fingerprint density at radius 2 is 1.93 bits per heavy atom. The predicted molar refractivity (Wildman–Crippen MR) is 110 cm³/mol. The predicted octanol–water partition coefficient (Wildman–Crippen LogP) is 3.61. The van der Waals surface area contributed by atoms with Crippen LogP contribution in [0.3, 0.4) is 0 Å². The van der Waals surface area contributed by atoms with Crippen molar-refractivity contribution in [3.05, 3.63) is 63.3 Å². The van der Waals surface area contributed by atoms with Crippen molar-refractivity contribution < 1.29 is 9.59 Å².